The molecule has 0 radical (unpaired) electrons. The summed E-state index contributed by atoms with van der Waals surface area (Å²) in [4.78, 5) is 11.7. The smallest absolute Gasteiger partial charge is 0.309 e. The van der Waals surface area contributed by atoms with Gasteiger partial charge in [-0.15, -0.1) is 0 Å². The average Bonchev–Trinajstić information content (AvgIpc) is 2.44. The molecule has 0 unspecified atom stereocenters. The van der Waals surface area contributed by atoms with Crippen molar-refractivity contribution in [1.82, 2.24) is 0 Å². The van der Waals surface area contributed by atoms with Gasteiger partial charge in [0.05, 0.1) is 12.5 Å². The standard InChI is InChI=1S/C14H18O6/c1-19-14-9(15)7-10(16)20-13(11(17)12(14)18)8-5-3-2-4-6-8/h2-6,9,11-15,17-18H,7H2,1H3/t9-,11+,12+,13-,14-/m1/s1. The van der Waals surface area contributed by atoms with Crippen molar-refractivity contribution >= 4 is 5.97 Å². The number of aliphatic hydroxyl groups excluding tert-OH is 3. The number of cyclic esters (lactones) is 1. The summed E-state index contributed by atoms with van der Waals surface area (Å²) in [5.41, 5.74) is 0.568. The van der Waals surface area contributed by atoms with Crippen molar-refractivity contribution < 1.29 is 29.6 Å². The van der Waals surface area contributed by atoms with Crippen molar-refractivity contribution in [2.75, 3.05) is 7.11 Å². The normalized spacial score (nSPS) is 35.0. The van der Waals surface area contributed by atoms with Crippen LogP contribution in [0.25, 0.3) is 0 Å². The minimum atomic E-state index is -1.39. The Bertz CT molecular complexity index is 448. The first-order chi connectivity index (χ1) is 9.54. The van der Waals surface area contributed by atoms with E-state index in [1.165, 1.54) is 7.11 Å². The molecular weight excluding hydrogens is 264 g/mol. The van der Waals surface area contributed by atoms with E-state index in [-0.39, 0.29) is 6.42 Å². The number of esters is 1. The highest BCUT2D eigenvalue weighted by molar-refractivity contribution is 5.70. The van der Waals surface area contributed by atoms with E-state index in [4.69, 9.17) is 9.47 Å². The molecule has 1 aliphatic rings. The first-order valence-corrected chi connectivity index (χ1v) is 6.36. The molecule has 6 heteroatoms. The maximum absolute atomic E-state index is 11.7. The molecule has 0 bridgehead atoms. The monoisotopic (exact) mass is 282 g/mol. The van der Waals surface area contributed by atoms with Crippen molar-refractivity contribution in [2.45, 2.75) is 36.9 Å². The quantitative estimate of drug-likeness (QED) is 0.649. The molecule has 1 saturated heterocycles. The van der Waals surface area contributed by atoms with E-state index >= 15 is 0 Å². The van der Waals surface area contributed by atoms with Crippen LogP contribution in [-0.4, -0.2) is 52.8 Å². The topological polar surface area (TPSA) is 96.2 Å². The molecule has 5 atom stereocenters. The minimum absolute atomic E-state index is 0.300. The third kappa shape index (κ3) is 2.99. The van der Waals surface area contributed by atoms with E-state index < -0.39 is 36.5 Å². The molecular formula is C14H18O6. The van der Waals surface area contributed by atoms with Crippen molar-refractivity contribution in [3.05, 3.63) is 35.9 Å². The van der Waals surface area contributed by atoms with Crippen LogP contribution in [0.2, 0.25) is 0 Å². The molecule has 0 spiro atoms. The van der Waals surface area contributed by atoms with Gasteiger partial charge in [-0.2, -0.15) is 0 Å². The van der Waals surface area contributed by atoms with Gasteiger partial charge in [-0.05, 0) is 5.56 Å². The summed E-state index contributed by atoms with van der Waals surface area (Å²) in [6.07, 6.45) is -6.33. The maximum Gasteiger partial charge on any atom is 0.309 e. The molecule has 0 aromatic heterocycles. The number of benzene rings is 1. The summed E-state index contributed by atoms with van der Waals surface area (Å²) in [5.74, 6) is -0.653. The number of aliphatic hydroxyl groups is 3. The number of hydrogen-bond donors (Lipinski definition) is 3. The van der Waals surface area contributed by atoms with Crippen LogP contribution in [0.1, 0.15) is 18.1 Å². The van der Waals surface area contributed by atoms with Gasteiger partial charge in [0.1, 0.15) is 18.3 Å². The first-order valence-electron chi connectivity index (χ1n) is 6.36. The number of carbonyl (C=O) groups is 1. The highest BCUT2D eigenvalue weighted by Crippen LogP contribution is 2.29. The lowest BCUT2D eigenvalue weighted by Crippen LogP contribution is -2.51. The zero-order chi connectivity index (χ0) is 14.7. The van der Waals surface area contributed by atoms with Gasteiger partial charge in [-0.1, -0.05) is 30.3 Å². The van der Waals surface area contributed by atoms with Gasteiger partial charge in [-0.25, -0.2) is 0 Å². The van der Waals surface area contributed by atoms with Gasteiger partial charge in [0, 0.05) is 7.11 Å². The second-order valence-electron chi connectivity index (χ2n) is 4.77. The van der Waals surface area contributed by atoms with Crippen LogP contribution < -0.4 is 0 Å². The highest BCUT2D eigenvalue weighted by atomic mass is 16.6. The second-order valence-corrected chi connectivity index (χ2v) is 4.77. The summed E-state index contributed by atoms with van der Waals surface area (Å²) < 4.78 is 10.1. The largest absolute Gasteiger partial charge is 0.455 e. The number of rotatable bonds is 2. The zero-order valence-electron chi connectivity index (χ0n) is 11.0. The number of hydrogen-bond acceptors (Lipinski definition) is 6. The predicted molar refractivity (Wildman–Crippen MR) is 68.7 cm³/mol. The molecule has 3 N–H and O–H groups in total. The van der Waals surface area contributed by atoms with E-state index in [0.29, 0.717) is 5.56 Å². The van der Waals surface area contributed by atoms with Crippen LogP contribution >= 0.6 is 0 Å². The molecule has 0 aliphatic carbocycles. The molecule has 20 heavy (non-hydrogen) atoms. The molecule has 1 aromatic rings. The third-order valence-corrected chi connectivity index (χ3v) is 3.41. The molecule has 1 aliphatic heterocycles. The summed E-state index contributed by atoms with van der Waals surface area (Å²) in [7, 11) is 1.30. The van der Waals surface area contributed by atoms with Crippen molar-refractivity contribution in [2.24, 2.45) is 0 Å². The van der Waals surface area contributed by atoms with E-state index in [1.807, 2.05) is 0 Å². The summed E-state index contributed by atoms with van der Waals surface area (Å²) in [6, 6.07) is 8.65. The zero-order valence-corrected chi connectivity index (χ0v) is 11.0. The van der Waals surface area contributed by atoms with E-state index in [9.17, 15) is 20.1 Å². The Morgan fingerprint density at radius 2 is 1.80 bits per heavy atom. The van der Waals surface area contributed by atoms with Crippen LogP contribution in [0.5, 0.6) is 0 Å². The first kappa shape index (κ1) is 14.9. The number of carbonyl (C=O) groups excluding carboxylic acids is 1. The van der Waals surface area contributed by atoms with E-state index in [2.05, 4.69) is 0 Å². The Balaban J connectivity index is 2.31. The lowest BCUT2D eigenvalue weighted by atomic mass is 9.92. The lowest BCUT2D eigenvalue weighted by molar-refractivity contribution is -0.191. The Labute approximate surface area is 116 Å². The van der Waals surface area contributed by atoms with Crippen LogP contribution in [0.15, 0.2) is 30.3 Å². The molecule has 0 amide bonds. The molecule has 110 valence electrons. The number of ether oxygens (including phenoxy) is 2. The molecule has 2 rings (SSSR count). The summed E-state index contributed by atoms with van der Waals surface area (Å²) in [5, 5.41) is 30.1. The predicted octanol–water partition coefficient (Wildman–Crippen LogP) is -0.228. The molecule has 0 saturated carbocycles. The second kappa shape index (κ2) is 6.32. The summed E-state index contributed by atoms with van der Waals surface area (Å²) >= 11 is 0. The highest BCUT2D eigenvalue weighted by Gasteiger charge is 2.42. The average molecular weight is 282 g/mol. The van der Waals surface area contributed by atoms with E-state index in [1.54, 1.807) is 30.3 Å². The van der Waals surface area contributed by atoms with Gasteiger partial charge < -0.3 is 24.8 Å². The third-order valence-electron chi connectivity index (χ3n) is 3.41. The van der Waals surface area contributed by atoms with Gasteiger partial charge in [-0.3, -0.25) is 4.79 Å². The molecule has 1 heterocycles. The molecule has 1 aromatic carbocycles. The van der Waals surface area contributed by atoms with Crippen LogP contribution in [0, 0.1) is 0 Å². The van der Waals surface area contributed by atoms with Crippen LogP contribution in [0.4, 0.5) is 0 Å². The fourth-order valence-electron chi connectivity index (χ4n) is 2.35. The maximum atomic E-state index is 11.7. The van der Waals surface area contributed by atoms with E-state index in [0.717, 1.165) is 0 Å². The fourth-order valence-corrected chi connectivity index (χ4v) is 2.35. The molecule has 1 fully saturated rings. The fraction of sp³-hybridized carbons (Fsp3) is 0.500. The van der Waals surface area contributed by atoms with Gasteiger partial charge in [0.2, 0.25) is 0 Å². The Morgan fingerprint density at radius 3 is 2.40 bits per heavy atom. The SMILES string of the molecule is CO[C@H]1[C@@H](O)[C@H](O)[C@@H](c2ccccc2)OC(=O)C[C@H]1O. The molecule has 6 nitrogen and oxygen atoms in total. The van der Waals surface area contributed by atoms with Gasteiger partial charge in [0.25, 0.3) is 0 Å². The summed E-state index contributed by atoms with van der Waals surface area (Å²) in [6.45, 7) is 0. The number of methoxy groups -OCH3 is 1. The Hall–Kier alpha value is -1.47. The van der Waals surface area contributed by atoms with Crippen LogP contribution in [-0.2, 0) is 14.3 Å². The van der Waals surface area contributed by atoms with Crippen LogP contribution in [0.3, 0.4) is 0 Å². The minimum Gasteiger partial charge on any atom is -0.455 e. The van der Waals surface area contributed by atoms with Crippen molar-refractivity contribution in [3.63, 3.8) is 0 Å². The Kier molecular flexibility index (Phi) is 4.72. The van der Waals surface area contributed by atoms with Crippen molar-refractivity contribution in [1.29, 1.82) is 0 Å². The van der Waals surface area contributed by atoms with Crippen molar-refractivity contribution in [3.8, 4) is 0 Å². The van der Waals surface area contributed by atoms with Gasteiger partial charge >= 0.3 is 5.97 Å². The Morgan fingerprint density at radius 1 is 1.15 bits per heavy atom. The van der Waals surface area contributed by atoms with Gasteiger partial charge in [0.15, 0.2) is 6.10 Å². The lowest BCUT2D eigenvalue weighted by Gasteiger charge is -2.35.